The van der Waals surface area contributed by atoms with E-state index in [9.17, 15) is 9.90 Å². The summed E-state index contributed by atoms with van der Waals surface area (Å²) in [5, 5.41) is 12.4. The topological polar surface area (TPSA) is 74.7 Å². The van der Waals surface area contributed by atoms with Crippen molar-refractivity contribution in [3.05, 3.63) is 40.6 Å². The van der Waals surface area contributed by atoms with E-state index in [1.165, 1.54) is 5.56 Å². The lowest BCUT2D eigenvalue weighted by Crippen LogP contribution is -2.37. The zero-order valence-electron chi connectivity index (χ0n) is 16.6. The average molecular weight is 369 g/mol. The van der Waals surface area contributed by atoms with E-state index in [1.807, 2.05) is 32.6 Å². The lowest BCUT2D eigenvalue weighted by Gasteiger charge is -2.33. The number of carbonyl (C=O) groups excluding carboxylic acids is 1. The molecular weight excluding hydrogens is 342 g/mol. The van der Waals surface area contributed by atoms with Gasteiger partial charge in [-0.15, -0.1) is 0 Å². The summed E-state index contributed by atoms with van der Waals surface area (Å²) in [6.45, 7) is 10.1. The fraction of sp³-hybridized carbons (Fsp3) is 0.429. The molecule has 0 bridgehead atoms. The van der Waals surface area contributed by atoms with Crippen molar-refractivity contribution in [2.75, 3.05) is 23.4 Å². The molecule has 1 aliphatic heterocycles. The predicted octanol–water partition coefficient (Wildman–Crippen LogP) is 3.56. The molecule has 2 N–H and O–H groups in total. The smallest absolute Gasteiger partial charge is 0.244 e. The van der Waals surface area contributed by atoms with Gasteiger partial charge in [0.1, 0.15) is 24.1 Å². The minimum atomic E-state index is -0.328. The number of fused-ring (bicyclic) bond motifs is 1. The number of amides is 1. The van der Waals surface area contributed by atoms with Crippen molar-refractivity contribution >= 4 is 23.1 Å². The molecule has 3 rings (SSSR count). The number of pyridine rings is 1. The minimum absolute atomic E-state index is 0.0829. The van der Waals surface area contributed by atoms with E-state index in [4.69, 9.17) is 9.72 Å². The number of hydrogen-bond acceptors (Lipinski definition) is 5. The molecule has 27 heavy (non-hydrogen) atoms. The molecule has 1 unspecified atom stereocenters. The van der Waals surface area contributed by atoms with E-state index in [2.05, 4.69) is 24.4 Å². The van der Waals surface area contributed by atoms with Gasteiger partial charge in [0.25, 0.3) is 0 Å². The maximum Gasteiger partial charge on any atom is 0.244 e. The van der Waals surface area contributed by atoms with Crippen molar-refractivity contribution in [3.8, 4) is 5.75 Å². The number of aliphatic hydroxyl groups excluding tert-OH is 1. The highest BCUT2D eigenvalue weighted by atomic mass is 16.5. The Kier molecular flexibility index (Phi) is 5.37. The van der Waals surface area contributed by atoms with Gasteiger partial charge in [-0.3, -0.25) is 4.79 Å². The van der Waals surface area contributed by atoms with Gasteiger partial charge in [-0.2, -0.15) is 0 Å². The Balaban J connectivity index is 2.15. The van der Waals surface area contributed by atoms with Crippen LogP contribution in [0.5, 0.6) is 5.75 Å². The number of aliphatic hydroxyl groups is 1. The molecule has 1 aromatic carbocycles. The third kappa shape index (κ3) is 3.76. The molecular formula is C21H27N3O3. The SMILES string of the molecule is CCC(CO)Oc1cc(C)nc2c1NC(=O)CN2c1c(C)cc(C)cc1C. The van der Waals surface area contributed by atoms with Crippen LogP contribution >= 0.6 is 0 Å². The summed E-state index contributed by atoms with van der Waals surface area (Å²) in [7, 11) is 0. The van der Waals surface area contributed by atoms with Gasteiger partial charge in [0, 0.05) is 17.4 Å². The Morgan fingerprint density at radius 3 is 2.48 bits per heavy atom. The number of ether oxygens (including phenoxy) is 1. The Morgan fingerprint density at radius 2 is 1.89 bits per heavy atom. The van der Waals surface area contributed by atoms with E-state index in [-0.39, 0.29) is 25.2 Å². The fourth-order valence-electron chi connectivity index (χ4n) is 3.64. The van der Waals surface area contributed by atoms with E-state index < -0.39 is 0 Å². The molecule has 1 amide bonds. The molecule has 0 saturated carbocycles. The summed E-state index contributed by atoms with van der Waals surface area (Å²) in [6.07, 6.45) is 0.339. The molecule has 0 spiro atoms. The fourth-order valence-corrected chi connectivity index (χ4v) is 3.64. The second kappa shape index (κ2) is 7.56. The predicted molar refractivity (Wildman–Crippen MR) is 107 cm³/mol. The van der Waals surface area contributed by atoms with Crippen LogP contribution in [-0.2, 0) is 4.79 Å². The van der Waals surface area contributed by atoms with Gasteiger partial charge in [0.2, 0.25) is 5.91 Å². The Bertz CT molecular complexity index is 852. The number of rotatable bonds is 5. The van der Waals surface area contributed by atoms with Gasteiger partial charge < -0.3 is 20.1 Å². The highest BCUT2D eigenvalue weighted by Crippen LogP contribution is 2.42. The molecule has 6 nitrogen and oxygen atoms in total. The molecule has 1 aromatic heterocycles. The minimum Gasteiger partial charge on any atom is -0.486 e. The molecule has 0 radical (unpaired) electrons. The number of benzene rings is 1. The van der Waals surface area contributed by atoms with Gasteiger partial charge >= 0.3 is 0 Å². The summed E-state index contributed by atoms with van der Waals surface area (Å²) in [4.78, 5) is 19.1. The van der Waals surface area contributed by atoms with Crippen LogP contribution in [0.2, 0.25) is 0 Å². The maximum atomic E-state index is 12.5. The largest absolute Gasteiger partial charge is 0.486 e. The van der Waals surface area contributed by atoms with Crippen LogP contribution in [0.1, 0.15) is 35.7 Å². The quantitative estimate of drug-likeness (QED) is 0.843. The molecule has 1 aliphatic rings. The number of anilines is 3. The van der Waals surface area contributed by atoms with E-state index in [0.29, 0.717) is 23.7 Å². The number of nitrogens with zero attached hydrogens (tertiary/aromatic N) is 2. The number of aryl methyl sites for hydroxylation is 4. The molecule has 2 heterocycles. The van der Waals surface area contributed by atoms with E-state index in [1.54, 1.807) is 6.07 Å². The zero-order valence-corrected chi connectivity index (χ0v) is 16.6. The third-order valence-electron chi connectivity index (χ3n) is 4.77. The number of hydrogen-bond donors (Lipinski definition) is 2. The molecule has 2 aromatic rings. The second-order valence-electron chi connectivity index (χ2n) is 7.17. The molecule has 0 aliphatic carbocycles. The number of nitrogens with one attached hydrogen (secondary N) is 1. The van der Waals surface area contributed by atoms with E-state index >= 15 is 0 Å². The summed E-state index contributed by atoms with van der Waals surface area (Å²) in [5.74, 6) is 1.10. The van der Waals surface area contributed by atoms with Crippen LogP contribution in [0.4, 0.5) is 17.2 Å². The monoisotopic (exact) mass is 369 g/mol. The first-order valence-corrected chi connectivity index (χ1v) is 9.28. The summed E-state index contributed by atoms with van der Waals surface area (Å²) in [5.41, 5.74) is 5.73. The zero-order chi connectivity index (χ0) is 19.7. The summed E-state index contributed by atoms with van der Waals surface area (Å²) < 4.78 is 5.97. The van der Waals surface area contributed by atoms with Crippen molar-refractivity contribution in [2.24, 2.45) is 0 Å². The van der Waals surface area contributed by atoms with Crippen LogP contribution in [0.15, 0.2) is 18.2 Å². The first-order chi connectivity index (χ1) is 12.8. The highest BCUT2D eigenvalue weighted by Gasteiger charge is 2.30. The third-order valence-corrected chi connectivity index (χ3v) is 4.77. The van der Waals surface area contributed by atoms with Gasteiger partial charge in [0.15, 0.2) is 5.82 Å². The van der Waals surface area contributed by atoms with Crippen LogP contribution < -0.4 is 15.0 Å². The van der Waals surface area contributed by atoms with Crippen LogP contribution in [0, 0.1) is 27.7 Å². The standard InChI is InChI=1S/C21H27N3O3/c1-6-16(11-25)27-17-9-15(5)22-21-19(17)23-18(26)10-24(21)20-13(3)7-12(2)8-14(20)4/h7-9,16,25H,6,10-11H2,1-5H3,(H,23,26). The summed E-state index contributed by atoms with van der Waals surface area (Å²) in [6, 6.07) is 6.02. The van der Waals surface area contributed by atoms with Gasteiger partial charge in [-0.1, -0.05) is 24.6 Å². The normalized spacial score (nSPS) is 14.6. The Labute approximate surface area is 160 Å². The second-order valence-corrected chi connectivity index (χ2v) is 7.17. The Morgan fingerprint density at radius 1 is 1.22 bits per heavy atom. The Hall–Kier alpha value is -2.60. The van der Waals surface area contributed by atoms with Gasteiger partial charge in [-0.25, -0.2) is 4.98 Å². The number of carbonyl (C=O) groups is 1. The van der Waals surface area contributed by atoms with E-state index in [0.717, 1.165) is 22.5 Å². The van der Waals surface area contributed by atoms with Gasteiger partial charge in [0.05, 0.1) is 6.61 Å². The van der Waals surface area contributed by atoms with Crippen molar-refractivity contribution in [1.29, 1.82) is 0 Å². The van der Waals surface area contributed by atoms with Crippen molar-refractivity contribution in [1.82, 2.24) is 4.98 Å². The average Bonchev–Trinajstić information content (AvgIpc) is 2.59. The highest BCUT2D eigenvalue weighted by molar-refractivity contribution is 6.04. The van der Waals surface area contributed by atoms with Crippen molar-refractivity contribution in [3.63, 3.8) is 0 Å². The lowest BCUT2D eigenvalue weighted by atomic mass is 10.0. The first kappa shape index (κ1) is 19.2. The van der Waals surface area contributed by atoms with Crippen LogP contribution in [0.3, 0.4) is 0 Å². The van der Waals surface area contributed by atoms with Crippen LogP contribution in [-0.4, -0.2) is 35.3 Å². The molecule has 6 heteroatoms. The summed E-state index contributed by atoms with van der Waals surface area (Å²) >= 11 is 0. The maximum absolute atomic E-state index is 12.5. The molecule has 1 atom stereocenters. The number of aromatic nitrogens is 1. The van der Waals surface area contributed by atoms with Gasteiger partial charge in [-0.05, 0) is 45.2 Å². The molecule has 0 fully saturated rings. The lowest BCUT2D eigenvalue weighted by molar-refractivity contribution is -0.115. The molecule has 0 saturated heterocycles. The van der Waals surface area contributed by atoms with Crippen molar-refractivity contribution in [2.45, 2.75) is 47.1 Å². The van der Waals surface area contributed by atoms with Crippen molar-refractivity contribution < 1.29 is 14.6 Å². The first-order valence-electron chi connectivity index (χ1n) is 9.28. The van der Waals surface area contributed by atoms with Crippen LogP contribution in [0.25, 0.3) is 0 Å². The molecule has 144 valence electrons.